The van der Waals surface area contributed by atoms with E-state index >= 15 is 0 Å². The van der Waals surface area contributed by atoms with E-state index in [0.717, 1.165) is 17.7 Å². The minimum absolute atomic E-state index is 0.183. The van der Waals surface area contributed by atoms with Gasteiger partial charge in [-0.15, -0.1) is 0 Å². The van der Waals surface area contributed by atoms with Crippen LogP contribution in [0.1, 0.15) is 17.8 Å². The van der Waals surface area contributed by atoms with E-state index < -0.39 is 11.9 Å². The Morgan fingerprint density at radius 3 is 2.58 bits per heavy atom. The first kappa shape index (κ1) is 20.8. The fraction of sp³-hybridized carbons (Fsp3) is 0.0909. The van der Waals surface area contributed by atoms with Gasteiger partial charge >= 0.3 is 5.97 Å². The van der Waals surface area contributed by atoms with Crippen LogP contribution in [0.4, 0.5) is 5.69 Å². The van der Waals surface area contributed by atoms with Gasteiger partial charge in [-0.25, -0.2) is 9.78 Å². The van der Waals surface area contributed by atoms with Crippen molar-refractivity contribution in [1.29, 1.82) is 0 Å². The normalized spacial score (nSPS) is 14.3. The summed E-state index contributed by atoms with van der Waals surface area (Å²) in [6.07, 6.45) is 4.09. The van der Waals surface area contributed by atoms with Gasteiger partial charge in [-0.3, -0.25) is 14.2 Å². The summed E-state index contributed by atoms with van der Waals surface area (Å²) in [4.78, 5) is 40.0. The molecule has 2 aromatic carbocycles. The molecule has 0 bridgehead atoms. The Hall–Kier alpha value is -3.42. The van der Waals surface area contributed by atoms with Crippen LogP contribution in [0, 0.1) is 0 Å². The van der Waals surface area contributed by atoms with Crippen LogP contribution >= 0.6 is 23.2 Å². The summed E-state index contributed by atoms with van der Waals surface area (Å²) < 4.78 is 1.60. The zero-order valence-corrected chi connectivity index (χ0v) is 17.4. The molecule has 0 aliphatic carbocycles. The Kier molecular flexibility index (Phi) is 5.63. The average molecular weight is 456 g/mol. The summed E-state index contributed by atoms with van der Waals surface area (Å²) >= 11 is 12.6. The number of carboxylic acid groups (broad SMARTS) is 1. The van der Waals surface area contributed by atoms with E-state index in [1.165, 1.54) is 0 Å². The molecule has 0 atom stereocenters. The van der Waals surface area contributed by atoms with Crippen molar-refractivity contribution in [2.75, 3.05) is 5.32 Å². The van der Waals surface area contributed by atoms with E-state index in [1.807, 2.05) is 6.08 Å². The highest BCUT2D eigenvalue weighted by Crippen LogP contribution is 2.33. The Labute approximate surface area is 186 Å². The quantitative estimate of drug-likeness (QED) is 0.573. The molecule has 3 aromatic rings. The number of carboxylic acids is 1. The smallest absolute Gasteiger partial charge is 0.328 e. The summed E-state index contributed by atoms with van der Waals surface area (Å²) in [6.45, 7) is 0.490. The maximum atomic E-state index is 12.9. The molecular formula is C22H15Cl2N3O4. The number of nitrogens with one attached hydrogen (secondary N) is 1. The minimum atomic E-state index is -1.23. The van der Waals surface area contributed by atoms with Crippen LogP contribution in [0.2, 0.25) is 10.0 Å². The number of carbonyl (C=O) groups is 2. The standard InChI is InChI=1S/C22H15Cl2N3O4/c23-16-2-1-3-17(24)15(16)10-12-8-9-27-21(12)26-18-11-13(4-5-14(18)22(27)31)25-19(28)6-7-20(29)30/h1-7,10-11H,8-9H2,(H,25,28)(H,29,30). The summed E-state index contributed by atoms with van der Waals surface area (Å²) in [5, 5.41) is 12.6. The largest absolute Gasteiger partial charge is 0.478 e. The van der Waals surface area contributed by atoms with Gasteiger partial charge in [0.2, 0.25) is 5.91 Å². The Bertz CT molecular complexity index is 1340. The van der Waals surface area contributed by atoms with E-state index in [0.29, 0.717) is 51.0 Å². The predicted octanol–water partition coefficient (Wildman–Crippen LogP) is 4.23. The van der Waals surface area contributed by atoms with Crippen LogP contribution in [0.15, 0.2) is 53.3 Å². The first-order valence-corrected chi connectivity index (χ1v) is 10.0. The van der Waals surface area contributed by atoms with Crippen molar-refractivity contribution in [2.24, 2.45) is 0 Å². The third-order valence-corrected chi connectivity index (χ3v) is 5.47. The minimum Gasteiger partial charge on any atom is -0.478 e. The van der Waals surface area contributed by atoms with E-state index in [-0.39, 0.29) is 5.56 Å². The van der Waals surface area contributed by atoms with Crippen molar-refractivity contribution in [2.45, 2.75) is 13.0 Å². The zero-order valence-electron chi connectivity index (χ0n) is 15.9. The van der Waals surface area contributed by atoms with Gasteiger partial charge in [0, 0.05) is 40.0 Å². The number of carbonyl (C=O) groups excluding carboxylic acids is 1. The van der Waals surface area contributed by atoms with Crippen molar-refractivity contribution >= 4 is 63.3 Å². The number of hydrogen-bond acceptors (Lipinski definition) is 4. The molecule has 4 rings (SSSR count). The van der Waals surface area contributed by atoms with Crippen molar-refractivity contribution in [3.05, 3.63) is 80.3 Å². The molecule has 0 radical (unpaired) electrons. The Morgan fingerprint density at radius 1 is 1.13 bits per heavy atom. The maximum absolute atomic E-state index is 12.9. The van der Waals surface area contributed by atoms with Crippen molar-refractivity contribution in [3.8, 4) is 0 Å². The number of halogens is 2. The number of allylic oxidation sites excluding steroid dienone is 1. The molecule has 1 aliphatic rings. The van der Waals surface area contributed by atoms with E-state index in [9.17, 15) is 14.4 Å². The van der Waals surface area contributed by atoms with Crippen molar-refractivity contribution in [1.82, 2.24) is 9.55 Å². The number of fused-ring (bicyclic) bond motifs is 2. The average Bonchev–Trinajstić information content (AvgIpc) is 3.12. The lowest BCUT2D eigenvalue weighted by Gasteiger charge is -2.08. The molecule has 0 saturated carbocycles. The first-order valence-electron chi connectivity index (χ1n) is 9.25. The molecule has 1 aromatic heterocycles. The van der Waals surface area contributed by atoms with E-state index in [4.69, 9.17) is 28.3 Å². The molecule has 2 N–H and O–H groups in total. The number of hydrogen-bond donors (Lipinski definition) is 2. The highest BCUT2D eigenvalue weighted by molar-refractivity contribution is 6.37. The molecule has 9 heteroatoms. The molecule has 0 spiro atoms. The lowest BCUT2D eigenvalue weighted by molar-refractivity contribution is -0.131. The molecule has 156 valence electrons. The van der Waals surface area contributed by atoms with E-state index in [1.54, 1.807) is 41.0 Å². The molecule has 0 fully saturated rings. The van der Waals surface area contributed by atoms with Gasteiger partial charge in [-0.2, -0.15) is 0 Å². The van der Waals surface area contributed by atoms with Crippen LogP contribution in [0.25, 0.3) is 22.6 Å². The molecule has 1 amide bonds. The number of amides is 1. The third-order valence-electron chi connectivity index (χ3n) is 4.81. The number of anilines is 1. The van der Waals surface area contributed by atoms with Gasteiger partial charge in [0.05, 0.1) is 10.9 Å². The second kappa shape index (κ2) is 8.37. The topological polar surface area (TPSA) is 101 Å². The highest BCUT2D eigenvalue weighted by atomic mass is 35.5. The number of aliphatic carboxylic acids is 1. The van der Waals surface area contributed by atoms with Crippen molar-refractivity contribution < 1.29 is 14.7 Å². The number of nitrogens with zero attached hydrogens (tertiary/aromatic N) is 2. The lowest BCUT2D eigenvalue weighted by atomic mass is 10.1. The van der Waals surface area contributed by atoms with Crippen molar-refractivity contribution in [3.63, 3.8) is 0 Å². The number of rotatable bonds is 4. The summed E-state index contributed by atoms with van der Waals surface area (Å²) in [7, 11) is 0. The summed E-state index contributed by atoms with van der Waals surface area (Å²) in [5.74, 6) is -1.31. The molecule has 0 saturated heterocycles. The monoisotopic (exact) mass is 455 g/mol. The van der Waals surface area contributed by atoms with Crippen LogP contribution in [-0.2, 0) is 16.1 Å². The van der Waals surface area contributed by atoms with Gasteiger partial charge in [-0.05, 0) is 48.4 Å². The second-order valence-corrected chi connectivity index (χ2v) is 7.65. The molecule has 31 heavy (non-hydrogen) atoms. The third kappa shape index (κ3) is 4.23. The van der Waals surface area contributed by atoms with Crippen LogP contribution in [0.3, 0.4) is 0 Å². The maximum Gasteiger partial charge on any atom is 0.328 e. The SMILES string of the molecule is O=C(O)C=CC(=O)Nc1ccc2c(=O)n3c(nc2c1)C(=Cc1c(Cl)cccc1Cl)CC3. The molecule has 1 aliphatic heterocycles. The highest BCUT2D eigenvalue weighted by Gasteiger charge is 2.22. The second-order valence-electron chi connectivity index (χ2n) is 6.84. The van der Waals surface area contributed by atoms with Crippen LogP contribution < -0.4 is 10.9 Å². The zero-order chi connectivity index (χ0) is 22.1. The molecule has 2 heterocycles. The lowest BCUT2D eigenvalue weighted by Crippen LogP contribution is -2.21. The Balaban J connectivity index is 1.75. The van der Waals surface area contributed by atoms with Crippen LogP contribution in [-0.4, -0.2) is 26.5 Å². The fourth-order valence-electron chi connectivity index (χ4n) is 3.39. The first-order chi connectivity index (χ1) is 14.8. The Morgan fingerprint density at radius 2 is 1.87 bits per heavy atom. The summed E-state index contributed by atoms with van der Waals surface area (Å²) in [6, 6.07) is 9.96. The van der Waals surface area contributed by atoms with Gasteiger partial charge in [0.1, 0.15) is 5.82 Å². The summed E-state index contributed by atoms with van der Waals surface area (Å²) in [5.41, 5.74) is 2.11. The van der Waals surface area contributed by atoms with Gasteiger partial charge in [0.15, 0.2) is 0 Å². The number of benzene rings is 2. The van der Waals surface area contributed by atoms with E-state index in [2.05, 4.69) is 10.3 Å². The molecular weight excluding hydrogens is 441 g/mol. The van der Waals surface area contributed by atoms with Crippen LogP contribution in [0.5, 0.6) is 0 Å². The molecule has 0 unspecified atom stereocenters. The predicted molar refractivity (Wildman–Crippen MR) is 120 cm³/mol. The van der Waals surface area contributed by atoms with Gasteiger partial charge in [0.25, 0.3) is 5.56 Å². The molecule has 7 nitrogen and oxygen atoms in total. The fourth-order valence-corrected chi connectivity index (χ4v) is 3.89. The van der Waals surface area contributed by atoms with Gasteiger partial charge in [-0.1, -0.05) is 29.3 Å². The van der Waals surface area contributed by atoms with Gasteiger partial charge < -0.3 is 10.4 Å². The number of aromatic nitrogens is 2.